The minimum absolute atomic E-state index is 0.441. The standard InChI is InChI=1S/C13H26N2O/c1-14-13(5-3-2-4-6-13)7-8-15-9-11-16-12-10-15/h14H,2-12H2,1H3. The summed E-state index contributed by atoms with van der Waals surface area (Å²) in [6.07, 6.45) is 8.29. The number of nitrogens with one attached hydrogen (secondary N) is 1. The molecule has 0 amide bonds. The summed E-state index contributed by atoms with van der Waals surface area (Å²) in [5, 5.41) is 3.60. The molecular formula is C13H26N2O. The van der Waals surface area contributed by atoms with Crippen molar-refractivity contribution < 1.29 is 4.74 Å². The first-order valence-electron chi connectivity index (χ1n) is 6.84. The third-order valence-corrected chi connectivity index (χ3v) is 4.35. The molecule has 1 saturated heterocycles. The van der Waals surface area contributed by atoms with Crippen molar-refractivity contribution in [1.29, 1.82) is 0 Å². The SMILES string of the molecule is CNC1(CCN2CCOCC2)CCCCC1. The smallest absolute Gasteiger partial charge is 0.0594 e. The fourth-order valence-corrected chi connectivity index (χ4v) is 3.05. The van der Waals surface area contributed by atoms with E-state index in [4.69, 9.17) is 4.74 Å². The van der Waals surface area contributed by atoms with E-state index in [-0.39, 0.29) is 0 Å². The zero-order valence-corrected chi connectivity index (χ0v) is 10.6. The predicted octanol–water partition coefficient (Wildman–Crippen LogP) is 1.63. The number of hydrogen-bond acceptors (Lipinski definition) is 3. The average molecular weight is 226 g/mol. The van der Waals surface area contributed by atoms with Gasteiger partial charge in [-0.05, 0) is 26.3 Å². The first kappa shape index (κ1) is 12.3. The maximum atomic E-state index is 5.39. The van der Waals surface area contributed by atoms with Crippen molar-refractivity contribution in [2.45, 2.75) is 44.1 Å². The van der Waals surface area contributed by atoms with E-state index in [1.165, 1.54) is 45.1 Å². The molecule has 0 bridgehead atoms. The Hall–Kier alpha value is -0.120. The van der Waals surface area contributed by atoms with Crippen LogP contribution in [0.5, 0.6) is 0 Å². The summed E-state index contributed by atoms with van der Waals surface area (Å²) in [5.41, 5.74) is 0.441. The average Bonchev–Trinajstić information content (AvgIpc) is 2.39. The Bertz CT molecular complexity index is 196. The predicted molar refractivity (Wildman–Crippen MR) is 66.8 cm³/mol. The van der Waals surface area contributed by atoms with Gasteiger partial charge in [0.15, 0.2) is 0 Å². The van der Waals surface area contributed by atoms with Gasteiger partial charge in [0, 0.05) is 25.2 Å². The van der Waals surface area contributed by atoms with Crippen LogP contribution < -0.4 is 5.32 Å². The molecule has 1 N–H and O–H groups in total. The lowest BCUT2D eigenvalue weighted by atomic mass is 9.79. The second-order valence-corrected chi connectivity index (χ2v) is 5.30. The van der Waals surface area contributed by atoms with Gasteiger partial charge in [0.2, 0.25) is 0 Å². The van der Waals surface area contributed by atoms with Gasteiger partial charge in [0.05, 0.1) is 13.2 Å². The van der Waals surface area contributed by atoms with Gasteiger partial charge < -0.3 is 10.1 Å². The normalized spacial score (nSPS) is 26.8. The van der Waals surface area contributed by atoms with E-state index in [2.05, 4.69) is 17.3 Å². The van der Waals surface area contributed by atoms with Crippen molar-refractivity contribution in [3.63, 3.8) is 0 Å². The summed E-state index contributed by atoms with van der Waals surface area (Å²) in [6.45, 7) is 5.34. The minimum atomic E-state index is 0.441. The van der Waals surface area contributed by atoms with Crippen molar-refractivity contribution in [1.82, 2.24) is 10.2 Å². The lowest BCUT2D eigenvalue weighted by Crippen LogP contribution is -2.48. The highest BCUT2D eigenvalue weighted by Gasteiger charge is 2.30. The maximum absolute atomic E-state index is 5.39. The largest absolute Gasteiger partial charge is 0.379 e. The minimum Gasteiger partial charge on any atom is -0.379 e. The number of hydrogen-bond donors (Lipinski definition) is 1. The van der Waals surface area contributed by atoms with Crippen molar-refractivity contribution in [3.8, 4) is 0 Å². The fourth-order valence-electron chi connectivity index (χ4n) is 3.05. The molecule has 0 aromatic carbocycles. The molecule has 1 aliphatic heterocycles. The Balaban J connectivity index is 1.77. The molecule has 2 rings (SSSR count). The molecular weight excluding hydrogens is 200 g/mol. The molecule has 94 valence electrons. The van der Waals surface area contributed by atoms with Crippen molar-refractivity contribution in [2.24, 2.45) is 0 Å². The molecule has 0 spiro atoms. The van der Waals surface area contributed by atoms with Crippen LogP contribution in [0.1, 0.15) is 38.5 Å². The zero-order valence-electron chi connectivity index (χ0n) is 10.6. The number of rotatable bonds is 4. The van der Waals surface area contributed by atoms with Crippen LogP contribution in [0.4, 0.5) is 0 Å². The summed E-state index contributed by atoms with van der Waals surface area (Å²) in [5.74, 6) is 0. The molecule has 3 heteroatoms. The van der Waals surface area contributed by atoms with Gasteiger partial charge in [-0.25, -0.2) is 0 Å². The van der Waals surface area contributed by atoms with Crippen LogP contribution >= 0.6 is 0 Å². The first-order valence-corrected chi connectivity index (χ1v) is 6.84. The highest BCUT2D eigenvalue weighted by Crippen LogP contribution is 2.30. The maximum Gasteiger partial charge on any atom is 0.0594 e. The fraction of sp³-hybridized carbons (Fsp3) is 1.00. The summed E-state index contributed by atoms with van der Waals surface area (Å²) in [6, 6.07) is 0. The highest BCUT2D eigenvalue weighted by molar-refractivity contribution is 4.90. The van der Waals surface area contributed by atoms with Crippen molar-refractivity contribution >= 4 is 0 Å². The van der Waals surface area contributed by atoms with Gasteiger partial charge in [0.1, 0.15) is 0 Å². The summed E-state index contributed by atoms with van der Waals surface area (Å²) in [4.78, 5) is 2.55. The Morgan fingerprint density at radius 2 is 1.81 bits per heavy atom. The van der Waals surface area contributed by atoms with Crippen molar-refractivity contribution in [3.05, 3.63) is 0 Å². The molecule has 1 aliphatic carbocycles. The van der Waals surface area contributed by atoms with E-state index in [1.807, 2.05) is 0 Å². The number of morpholine rings is 1. The van der Waals surface area contributed by atoms with Crippen LogP contribution in [0.2, 0.25) is 0 Å². The van der Waals surface area contributed by atoms with Gasteiger partial charge in [-0.15, -0.1) is 0 Å². The molecule has 2 aliphatic rings. The Kier molecular flexibility index (Phi) is 4.62. The van der Waals surface area contributed by atoms with Crippen LogP contribution in [0, 0.1) is 0 Å². The number of ether oxygens (including phenoxy) is 1. The second-order valence-electron chi connectivity index (χ2n) is 5.30. The first-order chi connectivity index (χ1) is 7.85. The van der Waals surface area contributed by atoms with Crippen LogP contribution in [-0.2, 0) is 4.74 Å². The molecule has 3 nitrogen and oxygen atoms in total. The molecule has 0 aromatic rings. The number of nitrogens with zero attached hydrogens (tertiary/aromatic N) is 1. The van der Waals surface area contributed by atoms with Crippen LogP contribution in [-0.4, -0.2) is 50.3 Å². The van der Waals surface area contributed by atoms with E-state index < -0.39 is 0 Å². The monoisotopic (exact) mass is 226 g/mol. The molecule has 0 atom stereocenters. The van der Waals surface area contributed by atoms with E-state index in [0.717, 1.165) is 26.3 Å². The van der Waals surface area contributed by atoms with Gasteiger partial charge >= 0.3 is 0 Å². The molecule has 1 saturated carbocycles. The van der Waals surface area contributed by atoms with E-state index >= 15 is 0 Å². The molecule has 1 heterocycles. The Labute approximate surface area is 99.5 Å². The van der Waals surface area contributed by atoms with Gasteiger partial charge in [0.25, 0.3) is 0 Å². The molecule has 0 unspecified atom stereocenters. The Morgan fingerprint density at radius 1 is 1.12 bits per heavy atom. The molecule has 0 aromatic heterocycles. The van der Waals surface area contributed by atoms with Gasteiger partial charge in [-0.3, -0.25) is 4.90 Å². The van der Waals surface area contributed by atoms with E-state index in [0.29, 0.717) is 5.54 Å². The van der Waals surface area contributed by atoms with Crippen LogP contribution in [0.25, 0.3) is 0 Å². The summed E-state index contributed by atoms with van der Waals surface area (Å²) in [7, 11) is 2.14. The highest BCUT2D eigenvalue weighted by atomic mass is 16.5. The quantitative estimate of drug-likeness (QED) is 0.788. The van der Waals surface area contributed by atoms with Crippen molar-refractivity contribution in [2.75, 3.05) is 39.9 Å². The summed E-state index contributed by atoms with van der Waals surface area (Å²) < 4.78 is 5.39. The van der Waals surface area contributed by atoms with Gasteiger partial charge in [-0.2, -0.15) is 0 Å². The zero-order chi connectivity index (χ0) is 11.3. The third-order valence-electron chi connectivity index (χ3n) is 4.35. The summed E-state index contributed by atoms with van der Waals surface area (Å²) >= 11 is 0. The van der Waals surface area contributed by atoms with Crippen LogP contribution in [0.15, 0.2) is 0 Å². The third kappa shape index (κ3) is 3.19. The second kappa shape index (κ2) is 5.99. The van der Waals surface area contributed by atoms with Gasteiger partial charge in [-0.1, -0.05) is 19.3 Å². The molecule has 2 fully saturated rings. The topological polar surface area (TPSA) is 24.5 Å². The Morgan fingerprint density at radius 3 is 2.44 bits per heavy atom. The lowest BCUT2D eigenvalue weighted by molar-refractivity contribution is 0.0319. The molecule has 16 heavy (non-hydrogen) atoms. The van der Waals surface area contributed by atoms with Crippen LogP contribution in [0.3, 0.4) is 0 Å². The molecule has 0 radical (unpaired) electrons. The van der Waals surface area contributed by atoms with E-state index in [9.17, 15) is 0 Å². The van der Waals surface area contributed by atoms with E-state index in [1.54, 1.807) is 0 Å². The lowest BCUT2D eigenvalue weighted by Gasteiger charge is -2.39.